The van der Waals surface area contributed by atoms with E-state index >= 15 is 0 Å². The molecule has 0 aliphatic carbocycles. The lowest BCUT2D eigenvalue weighted by Crippen LogP contribution is -2.19. The number of halogens is 1. The summed E-state index contributed by atoms with van der Waals surface area (Å²) in [5.74, 6) is 0.701. The van der Waals surface area contributed by atoms with Crippen LogP contribution >= 0.6 is 11.6 Å². The molecule has 1 fully saturated rings. The molecule has 1 aliphatic heterocycles. The second-order valence-corrected chi connectivity index (χ2v) is 4.21. The summed E-state index contributed by atoms with van der Waals surface area (Å²) in [7, 11) is 0. The summed E-state index contributed by atoms with van der Waals surface area (Å²) < 4.78 is 0. The van der Waals surface area contributed by atoms with Gasteiger partial charge < -0.3 is 10.6 Å². The van der Waals surface area contributed by atoms with E-state index in [-0.39, 0.29) is 5.95 Å². The lowest BCUT2D eigenvalue weighted by Gasteiger charge is -2.13. The third kappa shape index (κ3) is 2.21. The van der Waals surface area contributed by atoms with Gasteiger partial charge in [-0.1, -0.05) is 18.5 Å². The van der Waals surface area contributed by atoms with Crippen LogP contribution in [0.5, 0.6) is 0 Å². The van der Waals surface area contributed by atoms with E-state index in [4.69, 9.17) is 17.3 Å². The maximum atomic E-state index is 6.05. The zero-order valence-corrected chi connectivity index (χ0v) is 9.54. The van der Waals surface area contributed by atoms with Gasteiger partial charge in [0.2, 0.25) is 5.95 Å². The Kier molecular flexibility index (Phi) is 3.07. The van der Waals surface area contributed by atoms with Gasteiger partial charge in [0.25, 0.3) is 0 Å². The summed E-state index contributed by atoms with van der Waals surface area (Å²) in [4.78, 5) is 10.4. The van der Waals surface area contributed by atoms with Gasteiger partial charge >= 0.3 is 0 Å². The van der Waals surface area contributed by atoms with Crippen LogP contribution in [0.1, 0.15) is 24.8 Å². The summed E-state index contributed by atoms with van der Waals surface area (Å²) in [5.41, 5.74) is 6.49. The van der Waals surface area contributed by atoms with E-state index < -0.39 is 0 Å². The van der Waals surface area contributed by atoms with Gasteiger partial charge in [-0.3, -0.25) is 0 Å². The van der Waals surface area contributed by atoms with Crippen LogP contribution in [0.15, 0.2) is 6.20 Å². The highest BCUT2D eigenvalue weighted by molar-refractivity contribution is 6.30. The number of nitrogens with zero attached hydrogens (tertiary/aromatic N) is 3. The molecule has 1 atom stereocenters. The fraction of sp³-hybridized carbons (Fsp3) is 0.600. The van der Waals surface area contributed by atoms with Crippen LogP contribution in [0.3, 0.4) is 0 Å². The van der Waals surface area contributed by atoms with E-state index in [9.17, 15) is 0 Å². The van der Waals surface area contributed by atoms with Crippen molar-refractivity contribution in [1.82, 2.24) is 14.9 Å². The fourth-order valence-corrected chi connectivity index (χ4v) is 2.32. The first-order valence-electron chi connectivity index (χ1n) is 5.21. The van der Waals surface area contributed by atoms with Crippen molar-refractivity contribution in [3.05, 3.63) is 16.9 Å². The van der Waals surface area contributed by atoms with E-state index in [1.807, 2.05) is 0 Å². The minimum atomic E-state index is 0.245. The molecule has 2 rings (SSSR count). The van der Waals surface area contributed by atoms with Crippen molar-refractivity contribution in [3.8, 4) is 0 Å². The molecule has 0 radical (unpaired) electrons. The van der Waals surface area contributed by atoms with Gasteiger partial charge in [-0.15, -0.1) is 0 Å². The van der Waals surface area contributed by atoms with Gasteiger partial charge in [-0.2, -0.15) is 0 Å². The highest BCUT2D eigenvalue weighted by atomic mass is 35.5. The standard InChI is InChI=1S/C10H15ClN4/c1-2-15-4-3-7(6-15)8-5-13-10(12)14-9(8)11/h5,7H,2-4,6H2,1H3,(H2,12,13,14). The number of hydrogen-bond donors (Lipinski definition) is 1. The van der Waals surface area contributed by atoms with Gasteiger partial charge in [-0.05, 0) is 19.5 Å². The molecule has 4 nitrogen and oxygen atoms in total. The van der Waals surface area contributed by atoms with Crippen molar-refractivity contribution in [2.75, 3.05) is 25.4 Å². The summed E-state index contributed by atoms with van der Waals surface area (Å²) in [6.45, 7) is 5.43. The Bertz CT molecular complexity index is 355. The highest BCUT2D eigenvalue weighted by Gasteiger charge is 2.25. The third-order valence-corrected chi connectivity index (χ3v) is 3.25. The van der Waals surface area contributed by atoms with Crippen LogP contribution in [0, 0.1) is 0 Å². The van der Waals surface area contributed by atoms with Crippen molar-refractivity contribution >= 4 is 17.5 Å². The Morgan fingerprint density at radius 1 is 1.67 bits per heavy atom. The molecule has 1 unspecified atom stereocenters. The molecule has 82 valence electrons. The van der Waals surface area contributed by atoms with Gasteiger partial charge in [0, 0.05) is 24.2 Å². The third-order valence-electron chi connectivity index (χ3n) is 2.95. The molecule has 2 heterocycles. The van der Waals surface area contributed by atoms with Crippen molar-refractivity contribution in [1.29, 1.82) is 0 Å². The second kappa shape index (κ2) is 4.33. The average Bonchev–Trinajstić information content (AvgIpc) is 2.66. The quantitative estimate of drug-likeness (QED) is 0.777. The number of likely N-dealkylation sites (N-methyl/N-ethyl adjacent to an activating group) is 1. The number of rotatable bonds is 2. The predicted octanol–water partition coefficient (Wildman–Crippen LogP) is 1.52. The molecule has 1 aromatic rings. The first-order chi connectivity index (χ1) is 7.20. The fourth-order valence-electron chi connectivity index (χ4n) is 2.03. The topological polar surface area (TPSA) is 55.0 Å². The van der Waals surface area contributed by atoms with Gasteiger partial charge in [0.15, 0.2) is 0 Å². The largest absolute Gasteiger partial charge is 0.368 e. The van der Waals surface area contributed by atoms with E-state index in [1.54, 1.807) is 6.20 Å². The number of anilines is 1. The molecule has 0 saturated carbocycles. The summed E-state index contributed by atoms with van der Waals surface area (Å²) in [5, 5.41) is 0.505. The predicted molar refractivity (Wildman–Crippen MR) is 60.9 cm³/mol. The molecule has 0 spiro atoms. The number of aromatic nitrogens is 2. The summed E-state index contributed by atoms with van der Waals surface area (Å²) in [6, 6.07) is 0. The minimum Gasteiger partial charge on any atom is -0.368 e. The van der Waals surface area contributed by atoms with Gasteiger partial charge in [0.05, 0.1) is 0 Å². The lowest BCUT2D eigenvalue weighted by atomic mass is 10.0. The van der Waals surface area contributed by atoms with Crippen LogP contribution in [-0.4, -0.2) is 34.5 Å². The monoisotopic (exact) mass is 226 g/mol. The molecule has 15 heavy (non-hydrogen) atoms. The highest BCUT2D eigenvalue weighted by Crippen LogP contribution is 2.30. The molecule has 1 aromatic heterocycles. The van der Waals surface area contributed by atoms with Crippen LogP contribution in [0.2, 0.25) is 5.15 Å². The van der Waals surface area contributed by atoms with Crippen LogP contribution in [-0.2, 0) is 0 Å². The summed E-state index contributed by atoms with van der Waals surface area (Å²) in [6.07, 6.45) is 2.88. The van der Waals surface area contributed by atoms with Crippen LogP contribution < -0.4 is 5.73 Å². The molecule has 0 bridgehead atoms. The SMILES string of the molecule is CCN1CCC(c2cnc(N)nc2Cl)C1. The van der Waals surface area contributed by atoms with E-state index in [1.165, 1.54) is 0 Å². The average molecular weight is 227 g/mol. The minimum absolute atomic E-state index is 0.245. The molecular formula is C10H15ClN4. The molecular weight excluding hydrogens is 212 g/mol. The second-order valence-electron chi connectivity index (χ2n) is 3.85. The number of likely N-dealkylation sites (tertiary alicyclic amines) is 1. The van der Waals surface area contributed by atoms with Gasteiger partial charge in [-0.25, -0.2) is 9.97 Å². The first kappa shape index (κ1) is 10.6. The number of nitrogens with two attached hydrogens (primary N) is 1. The van der Waals surface area contributed by atoms with E-state index in [2.05, 4.69) is 21.8 Å². The maximum absolute atomic E-state index is 6.05. The van der Waals surface area contributed by atoms with Crippen molar-refractivity contribution < 1.29 is 0 Å². The zero-order chi connectivity index (χ0) is 10.8. The smallest absolute Gasteiger partial charge is 0.221 e. The normalized spacial score (nSPS) is 22.1. The van der Waals surface area contributed by atoms with E-state index in [0.717, 1.165) is 31.6 Å². The molecule has 0 amide bonds. The molecule has 1 aliphatic rings. The van der Waals surface area contributed by atoms with Crippen LogP contribution in [0.25, 0.3) is 0 Å². The van der Waals surface area contributed by atoms with Crippen LogP contribution in [0.4, 0.5) is 5.95 Å². The first-order valence-corrected chi connectivity index (χ1v) is 5.58. The maximum Gasteiger partial charge on any atom is 0.221 e. The Labute approximate surface area is 94.5 Å². The van der Waals surface area contributed by atoms with E-state index in [0.29, 0.717) is 11.1 Å². The molecule has 0 aromatic carbocycles. The number of hydrogen-bond acceptors (Lipinski definition) is 4. The lowest BCUT2D eigenvalue weighted by molar-refractivity contribution is 0.354. The Balaban J connectivity index is 2.17. The molecule has 2 N–H and O–H groups in total. The molecule has 1 saturated heterocycles. The Hall–Kier alpha value is -0.870. The van der Waals surface area contributed by atoms with Crippen molar-refractivity contribution in [2.24, 2.45) is 0 Å². The Morgan fingerprint density at radius 2 is 2.47 bits per heavy atom. The van der Waals surface area contributed by atoms with Gasteiger partial charge in [0.1, 0.15) is 5.15 Å². The molecule has 5 heteroatoms. The summed E-state index contributed by atoms with van der Waals surface area (Å²) >= 11 is 6.05. The van der Waals surface area contributed by atoms with Crippen molar-refractivity contribution in [3.63, 3.8) is 0 Å². The zero-order valence-electron chi connectivity index (χ0n) is 8.78. The van der Waals surface area contributed by atoms with Crippen molar-refractivity contribution in [2.45, 2.75) is 19.3 Å². The Morgan fingerprint density at radius 3 is 3.07 bits per heavy atom. The number of nitrogen functional groups attached to an aromatic ring is 1.